The number of carbonyl (C=O) groups is 1. The number of hydrogen-bond acceptors (Lipinski definition) is 4. The summed E-state index contributed by atoms with van der Waals surface area (Å²) in [5.74, 6) is -1.50. The largest absolute Gasteiger partial charge is 0.416 e. The summed E-state index contributed by atoms with van der Waals surface area (Å²) in [6, 6.07) is 10.5. The van der Waals surface area contributed by atoms with Crippen LogP contribution in [0, 0.1) is 0 Å². The molecule has 168 valence electrons. The van der Waals surface area contributed by atoms with E-state index >= 15 is 0 Å². The van der Waals surface area contributed by atoms with E-state index in [1.807, 2.05) is 0 Å². The van der Waals surface area contributed by atoms with Crippen LogP contribution in [-0.4, -0.2) is 39.8 Å². The molecule has 0 spiro atoms. The van der Waals surface area contributed by atoms with E-state index in [4.69, 9.17) is 16.3 Å². The molecule has 0 aliphatic carbocycles. The van der Waals surface area contributed by atoms with Gasteiger partial charge in [-0.3, -0.25) is 4.79 Å². The number of carbonyl (C=O) groups excluding carboxylic acids is 1. The second kappa shape index (κ2) is 9.18. The Hall–Kier alpha value is -2.10. The van der Waals surface area contributed by atoms with Crippen molar-refractivity contribution in [2.75, 3.05) is 25.5 Å². The Kier molecular flexibility index (Phi) is 6.98. The predicted molar refractivity (Wildman–Crippen MR) is 110 cm³/mol. The van der Waals surface area contributed by atoms with Gasteiger partial charge >= 0.3 is 6.18 Å². The lowest BCUT2D eigenvalue weighted by Crippen LogP contribution is -2.46. The maximum Gasteiger partial charge on any atom is 0.416 e. The summed E-state index contributed by atoms with van der Waals surface area (Å²) in [5, 5.41) is 2.97. The Labute approximate surface area is 183 Å². The third-order valence-corrected chi connectivity index (χ3v) is 7.25. The van der Waals surface area contributed by atoms with E-state index in [2.05, 4.69) is 5.32 Å². The van der Waals surface area contributed by atoms with Gasteiger partial charge in [0.1, 0.15) is 5.75 Å². The normalized spacial score (nSPS) is 16.6. The van der Waals surface area contributed by atoms with Crippen LogP contribution in [0.4, 0.5) is 13.2 Å². The number of amides is 1. The first-order chi connectivity index (χ1) is 14.5. The minimum atomic E-state index is -4.49. The first-order valence-corrected chi connectivity index (χ1v) is 11.6. The van der Waals surface area contributed by atoms with Crippen molar-refractivity contribution in [2.45, 2.75) is 29.3 Å². The lowest BCUT2D eigenvalue weighted by atomic mass is 9.73. The van der Waals surface area contributed by atoms with Gasteiger partial charge in [-0.1, -0.05) is 29.8 Å². The van der Waals surface area contributed by atoms with Crippen LogP contribution in [0.15, 0.2) is 53.4 Å². The molecule has 31 heavy (non-hydrogen) atoms. The monoisotopic (exact) mass is 475 g/mol. The van der Waals surface area contributed by atoms with Crippen molar-refractivity contribution in [2.24, 2.45) is 0 Å². The fraction of sp³-hybridized carbons (Fsp3) is 0.381. The highest BCUT2D eigenvalue weighted by Crippen LogP contribution is 2.37. The molecule has 1 fully saturated rings. The van der Waals surface area contributed by atoms with E-state index in [0.29, 0.717) is 36.6 Å². The fourth-order valence-corrected chi connectivity index (χ4v) is 4.86. The van der Waals surface area contributed by atoms with Crippen LogP contribution in [0.1, 0.15) is 24.0 Å². The predicted octanol–water partition coefficient (Wildman–Crippen LogP) is 4.00. The van der Waals surface area contributed by atoms with Crippen molar-refractivity contribution in [3.63, 3.8) is 0 Å². The molecule has 1 aliphatic heterocycles. The number of nitrogens with one attached hydrogen (secondary N) is 1. The van der Waals surface area contributed by atoms with Gasteiger partial charge in [0.25, 0.3) is 0 Å². The van der Waals surface area contributed by atoms with Gasteiger partial charge in [-0.05, 0) is 48.7 Å². The Morgan fingerprint density at radius 1 is 1.10 bits per heavy atom. The average Bonchev–Trinajstić information content (AvgIpc) is 2.72. The van der Waals surface area contributed by atoms with Crippen LogP contribution in [0.3, 0.4) is 0 Å². The minimum absolute atomic E-state index is 0.00659. The van der Waals surface area contributed by atoms with Crippen LogP contribution >= 0.6 is 11.6 Å². The topological polar surface area (TPSA) is 72.5 Å². The number of hydrogen-bond donors (Lipinski definition) is 1. The second-order valence-electron chi connectivity index (χ2n) is 7.46. The molecule has 2 aromatic rings. The van der Waals surface area contributed by atoms with Crippen LogP contribution in [0.25, 0.3) is 0 Å². The van der Waals surface area contributed by atoms with Crippen molar-refractivity contribution < 1.29 is 31.1 Å². The van der Waals surface area contributed by atoms with E-state index in [0.717, 1.165) is 12.1 Å². The van der Waals surface area contributed by atoms with E-state index < -0.39 is 38.7 Å². The zero-order valence-corrected chi connectivity index (χ0v) is 18.0. The highest BCUT2D eigenvalue weighted by molar-refractivity contribution is 7.92. The van der Waals surface area contributed by atoms with Gasteiger partial charge in [0.05, 0.1) is 10.5 Å². The Morgan fingerprint density at radius 3 is 2.35 bits per heavy atom. The first kappa shape index (κ1) is 23.6. The van der Waals surface area contributed by atoms with Crippen molar-refractivity contribution in [3.8, 4) is 0 Å². The van der Waals surface area contributed by atoms with E-state index in [1.165, 1.54) is 30.3 Å². The molecule has 0 atom stereocenters. The van der Waals surface area contributed by atoms with Gasteiger partial charge in [0.2, 0.25) is 5.91 Å². The summed E-state index contributed by atoms with van der Waals surface area (Å²) in [7, 11) is -3.88. The van der Waals surface area contributed by atoms with Crippen molar-refractivity contribution in [1.29, 1.82) is 0 Å². The maximum atomic E-state index is 13.2. The number of benzene rings is 2. The summed E-state index contributed by atoms with van der Waals surface area (Å²) < 4.78 is 69.8. The highest BCUT2D eigenvalue weighted by atomic mass is 35.5. The van der Waals surface area contributed by atoms with Crippen LogP contribution < -0.4 is 5.32 Å². The molecule has 0 unspecified atom stereocenters. The first-order valence-electron chi connectivity index (χ1n) is 9.52. The molecule has 1 heterocycles. The van der Waals surface area contributed by atoms with E-state index in [-0.39, 0.29) is 11.4 Å². The number of sulfone groups is 1. The van der Waals surface area contributed by atoms with Crippen molar-refractivity contribution in [1.82, 2.24) is 5.32 Å². The number of ether oxygens (including phenoxy) is 1. The molecule has 0 saturated carbocycles. The molecule has 5 nitrogen and oxygen atoms in total. The number of rotatable bonds is 6. The Morgan fingerprint density at radius 2 is 1.74 bits per heavy atom. The van der Waals surface area contributed by atoms with Gasteiger partial charge in [0, 0.05) is 30.2 Å². The van der Waals surface area contributed by atoms with Crippen LogP contribution in [0.2, 0.25) is 5.02 Å². The molecular weight excluding hydrogens is 455 g/mol. The molecule has 2 aromatic carbocycles. The standard InChI is InChI=1S/C21H21ClF3NO4S/c22-17-4-6-18(7-5-17)31(28,29)13-19(27)26-14-20(8-10-30-11-9-20)15-2-1-3-16(12-15)21(23,24)25/h1-7,12H,8-11,13-14H2,(H,26,27). The SMILES string of the molecule is O=C(CS(=O)(=O)c1ccc(Cl)cc1)NCC1(c2cccc(C(F)(F)F)c2)CCOCC1. The molecule has 0 radical (unpaired) electrons. The van der Waals surface area contributed by atoms with Crippen molar-refractivity contribution >= 4 is 27.3 Å². The molecule has 1 saturated heterocycles. The summed E-state index contributed by atoms with van der Waals surface area (Å²) >= 11 is 5.76. The molecule has 1 aliphatic rings. The molecular formula is C21H21ClF3NO4S. The summed E-state index contributed by atoms with van der Waals surface area (Å²) in [6.07, 6.45) is -3.69. The summed E-state index contributed by atoms with van der Waals surface area (Å²) in [4.78, 5) is 12.4. The van der Waals surface area contributed by atoms with Crippen molar-refractivity contribution in [3.05, 3.63) is 64.7 Å². The third kappa shape index (κ3) is 5.78. The van der Waals surface area contributed by atoms with E-state index in [1.54, 1.807) is 6.07 Å². The second-order valence-corrected chi connectivity index (χ2v) is 9.89. The maximum absolute atomic E-state index is 13.2. The molecule has 3 rings (SSSR count). The highest BCUT2D eigenvalue weighted by Gasteiger charge is 2.38. The quantitative estimate of drug-likeness (QED) is 0.685. The van der Waals surface area contributed by atoms with Gasteiger partial charge < -0.3 is 10.1 Å². The van der Waals surface area contributed by atoms with Gasteiger partial charge in [-0.2, -0.15) is 13.2 Å². The average molecular weight is 476 g/mol. The zero-order valence-electron chi connectivity index (χ0n) is 16.4. The number of halogens is 4. The van der Waals surface area contributed by atoms with Crippen LogP contribution in [-0.2, 0) is 31.0 Å². The number of alkyl halides is 3. The lowest BCUT2D eigenvalue weighted by molar-refractivity contribution is -0.137. The minimum Gasteiger partial charge on any atom is -0.381 e. The Bertz CT molecular complexity index is 1030. The Balaban J connectivity index is 1.76. The molecule has 1 N–H and O–H groups in total. The molecule has 1 amide bonds. The van der Waals surface area contributed by atoms with Gasteiger partial charge in [0.15, 0.2) is 9.84 Å². The zero-order chi connectivity index (χ0) is 22.7. The summed E-state index contributed by atoms with van der Waals surface area (Å²) in [6.45, 7) is 0.664. The van der Waals surface area contributed by atoms with E-state index in [9.17, 15) is 26.4 Å². The fourth-order valence-electron chi connectivity index (χ4n) is 3.57. The third-order valence-electron chi connectivity index (χ3n) is 5.37. The smallest absolute Gasteiger partial charge is 0.381 e. The summed E-state index contributed by atoms with van der Waals surface area (Å²) in [5.41, 5.74) is -1.11. The molecule has 0 bridgehead atoms. The molecule has 10 heteroatoms. The van der Waals surface area contributed by atoms with Gasteiger partial charge in [-0.15, -0.1) is 0 Å². The van der Waals surface area contributed by atoms with Crippen LogP contribution in [0.5, 0.6) is 0 Å². The lowest BCUT2D eigenvalue weighted by Gasteiger charge is -2.38. The van der Waals surface area contributed by atoms with Gasteiger partial charge in [-0.25, -0.2) is 8.42 Å². The molecule has 0 aromatic heterocycles.